The fraction of sp³-hybridized carbons (Fsp3) is 0.312. The van der Waals surface area contributed by atoms with Gasteiger partial charge in [-0.15, -0.1) is 0 Å². The van der Waals surface area contributed by atoms with Crippen LogP contribution in [0.25, 0.3) is 11.5 Å². The molecule has 1 fully saturated rings. The first-order chi connectivity index (χ1) is 11.3. The zero-order chi connectivity index (χ0) is 15.6. The molecule has 0 saturated heterocycles. The van der Waals surface area contributed by atoms with E-state index in [2.05, 4.69) is 20.0 Å². The quantitative estimate of drug-likeness (QED) is 0.755. The van der Waals surface area contributed by atoms with Gasteiger partial charge in [0, 0.05) is 37.5 Å². The molecule has 3 aromatic rings. The average Bonchev–Trinajstić information content (AvgIpc) is 3.04. The minimum absolute atomic E-state index is 0.240. The minimum atomic E-state index is -0.264. The van der Waals surface area contributed by atoms with Crippen molar-refractivity contribution in [2.75, 3.05) is 6.54 Å². The summed E-state index contributed by atoms with van der Waals surface area (Å²) in [6.45, 7) is 1.21. The lowest BCUT2D eigenvalue weighted by molar-refractivity contribution is 0.0943. The number of imidazole rings is 1. The first kappa shape index (κ1) is 13.8. The summed E-state index contributed by atoms with van der Waals surface area (Å²) in [6.07, 6.45) is 7.71. The monoisotopic (exact) mass is 312 g/mol. The van der Waals surface area contributed by atoms with Crippen LogP contribution in [0.1, 0.15) is 35.1 Å². The van der Waals surface area contributed by atoms with Crippen LogP contribution in [0.3, 0.4) is 0 Å². The summed E-state index contributed by atoms with van der Waals surface area (Å²) in [5.74, 6) is 2.42. The Morgan fingerprint density at radius 1 is 1.39 bits per heavy atom. The molecule has 4 rings (SSSR count). The van der Waals surface area contributed by atoms with E-state index in [1.54, 1.807) is 24.5 Å². The van der Waals surface area contributed by atoms with Gasteiger partial charge in [-0.3, -0.25) is 4.79 Å². The van der Waals surface area contributed by atoms with Crippen LogP contribution in [0.15, 0.2) is 45.8 Å². The van der Waals surface area contributed by atoms with Crippen molar-refractivity contribution in [3.8, 4) is 11.5 Å². The molecule has 1 aliphatic carbocycles. The molecule has 3 heterocycles. The molecule has 0 atom stereocenters. The van der Waals surface area contributed by atoms with Crippen molar-refractivity contribution < 1.29 is 13.7 Å². The number of furan rings is 1. The molecule has 7 heteroatoms. The average molecular weight is 312 g/mol. The molecule has 118 valence electrons. The Morgan fingerprint density at radius 2 is 2.30 bits per heavy atom. The number of carbonyl (C=O) groups excluding carboxylic acids is 1. The summed E-state index contributed by atoms with van der Waals surface area (Å²) in [5.41, 5.74) is 0.240. The highest BCUT2D eigenvalue weighted by molar-refractivity contribution is 5.92. The van der Waals surface area contributed by atoms with Gasteiger partial charge in [0.05, 0.1) is 6.26 Å². The first-order valence-corrected chi connectivity index (χ1v) is 7.61. The lowest BCUT2D eigenvalue weighted by atomic mass is 10.3. The summed E-state index contributed by atoms with van der Waals surface area (Å²) in [4.78, 5) is 16.5. The maximum Gasteiger partial charge on any atom is 0.273 e. The predicted octanol–water partition coefficient (Wildman–Crippen LogP) is 2.44. The molecular weight excluding hydrogens is 296 g/mol. The van der Waals surface area contributed by atoms with E-state index in [9.17, 15) is 4.79 Å². The van der Waals surface area contributed by atoms with Gasteiger partial charge in [-0.05, 0) is 25.0 Å². The van der Waals surface area contributed by atoms with Crippen LogP contribution >= 0.6 is 0 Å². The molecule has 7 nitrogen and oxygen atoms in total. The van der Waals surface area contributed by atoms with Gasteiger partial charge in [0.1, 0.15) is 5.82 Å². The Labute approximate surface area is 132 Å². The second-order valence-electron chi connectivity index (χ2n) is 5.56. The molecule has 3 aromatic heterocycles. The Bertz CT molecular complexity index is 799. The number of nitrogens with one attached hydrogen (secondary N) is 1. The molecule has 1 amide bonds. The van der Waals surface area contributed by atoms with Crippen molar-refractivity contribution in [1.29, 1.82) is 0 Å². The van der Waals surface area contributed by atoms with E-state index in [0.29, 0.717) is 30.5 Å². The van der Waals surface area contributed by atoms with E-state index in [4.69, 9.17) is 8.94 Å². The zero-order valence-corrected chi connectivity index (χ0v) is 12.4. The third kappa shape index (κ3) is 2.90. The highest BCUT2D eigenvalue weighted by atomic mass is 16.5. The number of rotatable bonds is 6. The third-order valence-corrected chi connectivity index (χ3v) is 3.84. The number of hydrogen-bond acceptors (Lipinski definition) is 5. The summed E-state index contributed by atoms with van der Waals surface area (Å²) in [7, 11) is 0. The minimum Gasteiger partial charge on any atom is -0.461 e. The number of carbonyl (C=O) groups is 1. The normalized spacial score (nSPS) is 14.1. The molecule has 0 bridgehead atoms. The zero-order valence-electron chi connectivity index (χ0n) is 12.4. The number of nitrogens with zero attached hydrogens (tertiary/aromatic N) is 3. The smallest absolute Gasteiger partial charge is 0.273 e. The summed E-state index contributed by atoms with van der Waals surface area (Å²) < 4.78 is 12.4. The van der Waals surface area contributed by atoms with Crippen LogP contribution in [-0.2, 0) is 6.54 Å². The van der Waals surface area contributed by atoms with Crippen LogP contribution in [0.4, 0.5) is 0 Å². The first-order valence-electron chi connectivity index (χ1n) is 7.61. The molecule has 0 aliphatic heterocycles. The van der Waals surface area contributed by atoms with E-state index >= 15 is 0 Å². The second-order valence-corrected chi connectivity index (χ2v) is 5.56. The summed E-state index contributed by atoms with van der Waals surface area (Å²) in [5, 5.41) is 6.62. The molecular formula is C16H16N4O3. The molecule has 1 aliphatic rings. The fourth-order valence-corrected chi connectivity index (χ4v) is 2.51. The maximum atomic E-state index is 12.1. The lowest BCUT2D eigenvalue weighted by Gasteiger charge is -2.07. The van der Waals surface area contributed by atoms with Crippen molar-refractivity contribution >= 4 is 5.91 Å². The molecule has 23 heavy (non-hydrogen) atoms. The van der Waals surface area contributed by atoms with E-state index in [1.165, 1.54) is 12.8 Å². The second kappa shape index (κ2) is 5.75. The standard InChI is InChI=1S/C16H16N4O3/c21-16(12-10-14(23-19-12)13-2-1-9-22-13)18-6-8-20-7-5-17-15(20)11-3-4-11/h1-2,5,7,9-11H,3-4,6,8H2,(H,18,21). The van der Waals surface area contributed by atoms with Gasteiger partial charge in [0.15, 0.2) is 11.5 Å². The van der Waals surface area contributed by atoms with Gasteiger partial charge in [0.2, 0.25) is 5.76 Å². The van der Waals surface area contributed by atoms with Gasteiger partial charge in [-0.25, -0.2) is 4.98 Å². The molecule has 1 saturated carbocycles. The van der Waals surface area contributed by atoms with Crippen LogP contribution in [0.2, 0.25) is 0 Å². The Morgan fingerprint density at radius 3 is 3.09 bits per heavy atom. The van der Waals surface area contributed by atoms with Crippen molar-refractivity contribution in [1.82, 2.24) is 20.0 Å². The highest BCUT2D eigenvalue weighted by Gasteiger charge is 2.27. The van der Waals surface area contributed by atoms with Gasteiger partial charge in [0.25, 0.3) is 5.91 Å². The summed E-state index contributed by atoms with van der Waals surface area (Å²) in [6, 6.07) is 5.07. The number of aromatic nitrogens is 3. The molecule has 0 radical (unpaired) electrons. The van der Waals surface area contributed by atoms with Crippen LogP contribution in [0.5, 0.6) is 0 Å². The van der Waals surface area contributed by atoms with Gasteiger partial charge in [-0.1, -0.05) is 5.16 Å². The molecule has 0 aromatic carbocycles. The van der Waals surface area contributed by atoms with Crippen molar-refractivity contribution in [3.05, 3.63) is 48.4 Å². The van der Waals surface area contributed by atoms with E-state index in [0.717, 1.165) is 5.82 Å². The van der Waals surface area contributed by atoms with Crippen LogP contribution in [-0.4, -0.2) is 27.2 Å². The van der Waals surface area contributed by atoms with Crippen LogP contribution < -0.4 is 5.32 Å². The van der Waals surface area contributed by atoms with Gasteiger partial charge >= 0.3 is 0 Å². The lowest BCUT2D eigenvalue weighted by Crippen LogP contribution is -2.27. The highest BCUT2D eigenvalue weighted by Crippen LogP contribution is 2.38. The topological polar surface area (TPSA) is 86.1 Å². The van der Waals surface area contributed by atoms with Crippen molar-refractivity contribution in [2.24, 2.45) is 0 Å². The molecule has 1 N–H and O–H groups in total. The largest absolute Gasteiger partial charge is 0.461 e. The van der Waals surface area contributed by atoms with Gasteiger partial charge < -0.3 is 18.8 Å². The maximum absolute atomic E-state index is 12.1. The number of hydrogen-bond donors (Lipinski definition) is 1. The third-order valence-electron chi connectivity index (χ3n) is 3.84. The SMILES string of the molecule is O=C(NCCn1ccnc1C1CC1)c1cc(-c2ccco2)on1. The molecule has 0 unspecified atom stereocenters. The predicted molar refractivity (Wildman–Crippen MR) is 80.7 cm³/mol. The Kier molecular flexibility index (Phi) is 3.45. The van der Waals surface area contributed by atoms with Gasteiger partial charge in [-0.2, -0.15) is 0 Å². The van der Waals surface area contributed by atoms with Crippen molar-refractivity contribution in [2.45, 2.75) is 25.3 Å². The molecule has 0 spiro atoms. The van der Waals surface area contributed by atoms with E-state index in [1.807, 2.05) is 12.4 Å². The van der Waals surface area contributed by atoms with E-state index in [-0.39, 0.29) is 11.6 Å². The Balaban J connectivity index is 1.34. The fourth-order valence-electron chi connectivity index (χ4n) is 2.51. The van der Waals surface area contributed by atoms with E-state index < -0.39 is 0 Å². The van der Waals surface area contributed by atoms with Crippen LogP contribution in [0, 0.1) is 0 Å². The summed E-state index contributed by atoms with van der Waals surface area (Å²) >= 11 is 0. The Hall–Kier alpha value is -2.83. The number of amides is 1. The van der Waals surface area contributed by atoms with Crippen molar-refractivity contribution in [3.63, 3.8) is 0 Å².